The lowest BCUT2D eigenvalue weighted by atomic mass is 9.71. The van der Waals surface area contributed by atoms with Crippen LogP contribution in [0.2, 0.25) is 0 Å². The predicted octanol–water partition coefficient (Wildman–Crippen LogP) is 4.30. The Kier molecular flexibility index (Phi) is 5.44. The van der Waals surface area contributed by atoms with Crippen molar-refractivity contribution >= 4 is 27.5 Å². The van der Waals surface area contributed by atoms with Gasteiger partial charge in [-0.2, -0.15) is 0 Å². The van der Waals surface area contributed by atoms with E-state index in [1.165, 1.54) is 24.8 Å². The SMILES string of the molecule is Cc1cc(C)c(NC(=O)CC2(CN)CCCCC2)c(Br)c1. The van der Waals surface area contributed by atoms with Gasteiger partial charge in [-0.3, -0.25) is 4.79 Å². The predicted molar refractivity (Wildman–Crippen MR) is 91.4 cm³/mol. The second-order valence-electron chi connectivity index (χ2n) is 6.43. The molecule has 2 rings (SSSR count). The molecular formula is C17H25BrN2O. The molecule has 1 aliphatic rings. The van der Waals surface area contributed by atoms with Gasteiger partial charge >= 0.3 is 0 Å². The molecule has 0 spiro atoms. The first-order valence-electron chi connectivity index (χ1n) is 7.72. The van der Waals surface area contributed by atoms with Crippen LogP contribution in [0.1, 0.15) is 49.7 Å². The van der Waals surface area contributed by atoms with Gasteiger partial charge in [-0.15, -0.1) is 0 Å². The van der Waals surface area contributed by atoms with Crippen LogP contribution in [-0.2, 0) is 4.79 Å². The van der Waals surface area contributed by atoms with E-state index in [1.54, 1.807) is 0 Å². The molecule has 0 aromatic heterocycles. The van der Waals surface area contributed by atoms with Crippen molar-refractivity contribution in [2.75, 3.05) is 11.9 Å². The summed E-state index contributed by atoms with van der Waals surface area (Å²) in [4.78, 5) is 12.4. The number of benzene rings is 1. The van der Waals surface area contributed by atoms with E-state index in [0.717, 1.165) is 28.6 Å². The fraction of sp³-hybridized carbons (Fsp3) is 0.588. The van der Waals surface area contributed by atoms with Crippen LogP contribution in [0.25, 0.3) is 0 Å². The van der Waals surface area contributed by atoms with Gasteiger partial charge in [-0.25, -0.2) is 0 Å². The molecule has 1 fully saturated rings. The third-order valence-corrected chi connectivity index (χ3v) is 5.20. The van der Waals surface area contributed by atoms with Crippen molar-refractivity contribution in [2.24, 2.45) is 11.1 Å². The molecule has 0 atom stereocenters. The number of aryl methyl sites for hydroxylation is 2. The Hall–Kier alpha value is -0.870. The molecule has 0 unspecified atom stereocenters. The first kappa shape index (κ1) is 16.5. The number of anilines is 1. The van der Waals surface area contributed by atoms with Crippen molar-refractivity contribution in [3.8, 4) is 0 Å². The lowest BCUT2D eigenvalue weighted by Crippen LogP contribution is -2.36. The van der Waals surface area contributed by atoms with E-state index in [2.05, 4.69) is 34.2 Å². The van der Waals surface area contributed by atoms with Crippen molar-refractivity contribution in [1.82, 2.24) is 0 Å². The van der Waals surface area contributed by atoms with E-state index < -0.39 is 0 Å². The van der Waals surface area contributed by atoms with E-state index in [0.29, 0.717) is 13.0 Å². The molecule has 1 aromatic carbocycles. The van der Waals surface area contributed by atoms with Gasteiger partial charge in [0.1, 0.15) is 0 Å². The molecular weight excluding hydrogens is 328 g/mol. The number of hydrogen-bond donors (Lipinski definition) is 2. The summed E-state index contributed by atoms with van der Waals surface area (Å²) in [7, 11) is 0. The largest absolute Gasteiger partial charge is 0.330 e. The maximum Gasteiger partial charge on any atom is 0.225 e. The van der Waals surface area contributed by atoms with Gasteiger partial charge in [0, 0.05) is 10.9 Å². The second-order valence-corrected chi connectivity index (χ2v) is 7.28. The number of nitrogens with one attached hydrogen (secondary N) is 1. The van der Waals surface area contributed by atoms with E-state index >= 15 is 0 Å². The summed E-state index contributed by atoms with van der Waals surface area (Å²) in [6.07, 6.45) is 6.33. The minimum atomic E-state index is 0.00735. The van der Waals surface area contributed by atoms with Crippen LogP contribution in [-0.4, -0.2) is 12.5 Å². The zero-order chi connectivity index (χ0) is 15.5. The zero-order valence-corrected chi connectivity index (χ0v) is 14.6. The summed E-state index contributed by atoms with van der Waals surface area (Å²) >= 11 is 3.54. The van der Waals surface area contributed by atoms with Gasteiger partial charge in [-0.05, 0) is 71.8 Å². The van der Waals surface area contributed by atoms with Gasteiger partial charge in [-0.1, -0.05) is 25.3 Å². The van der Waals surface area contributed by atoms with Crippen LogP contribution in [0.5, 0.6) is 0 Å². The van der Waals surface area contributed by atoms with Crippen LogP contribution in [0.3, 0.4) is 0 Å². The number of hydrogen-bond acceptors (Lipinski definition) is 2. The molecule has 0 heterocycles. The summed E-state index contributed by atoms with van der Waals surface area (Å²) < 4.78 is 0.943. The molecule has 4 heteroatoms. The molecule has 0 saturated heterocycles. The number of carbonyl (C=O) groups excluding carboxylic acids is 1. The average molecular weight is 353 g/mol. The van der Waals surface area contributed by atoms with E-state index in [-0.39, 0.29) is 11.3 Å². The Morgan fingerprint density at radius 2 is 1.95 bits per heavy atom. The Bertz CT molecular complexity index is 499. The number of carbonyl (C=O) groups is 1. The van der Waals surface area contributed by atoms with Crippen LogP contribution in [0.4, 0.5) is 5.69 Å². The maximum absolute atomic E-state index is 12.4. The van der Waals surface area contributed by atoms with Crippen molar-refractivity contribution in [3.63, 3.8) is 0 Å². The van der Waals surface area contributed by atoms with Crippen LogP contribution < -0.4 is 11.1 Å². The molecule has 0 radical (unpaired) electrons. The fourth-order valence-electron chi connectivity index (χ4n) is 3.35. The number of halogens is 1. The highest BCUT2D eigenvalue weighted by atomic mass is 79.9. The molecule has 21 heavy (non-hydrogen) atoms. The van der Waals surface area contributed by atoms with Gasteiger partial charge in [0.05, 0.1) is 5.69 Å². The molecule has 3 N–H and O–H groups in total. The number of nitrogens with two attached hydrogens (primary N) is 1. The molecule has 1 amide bonds. The molecule has 1 aromatic rings. The smallest absolute Gasteiger partial charge is 0.225 e. The molecule has 116 valence electrons. The van der Waals surface area contributed by atoms with Crippen LogP contribution >= 0.6 is 15.9 Å². The summed E-state index contributed by atoms with van der Waals surface area (Å²) in [5.41, 5.74) is 9.13. The van der Waals surface area contributed by atoms with Crippen molar-refractivity contribution in [1.29, 1.82) is 0 Å². The van der Waals surface area contributed by atoms with Crippen LogP contribution in [0.15, 0.2) is 16.6 Å². The molecule has 1 aliphatic carbocycles. The quantitative estimate of drug-likeness (QED) is 0.848. The minimum Gasteiger partial charge on any atom is -0.330 e. The fourth-order valence-corrected chi connectivity index (χ4v) is 4.13. The standard InChI is InChI=1S/C17H25BrN2O/c1-12-8-13(2)16(14(18)9-12)20-15(21)10-17(11-19)6-4-3-5-7-17/h8-9H,3-7,10-11,19H2,1-2H3,(H,20,21). The first-order valence-corrected chi connectivity index (χ1v) is 8.52. The van der Waals surface area contributed by atoms with E-state index in [9.17, 15) is 4.79 Å². The highest BCUT2D eigenvalue weighted by molar-refractivity contribution is 9.10. The highest BCUT2D eigenvalue weighted by Crippen LogP contribution is 2.39. The summed E-state index contributed by atoms with van der Waals surface area (Å²) in [5.74, 6) is 0.0787. The summed E-state index contributed by atoms with van der Waals surface area (Å²) in [6, 6.07) is 4.11. The molecule has 3 nitrogen and oxygen atoms in total. The van der Waals surface area contributed by atoms with E-state index in [1.807, 2.05) is 13.0 Å². The monoisotopic (exact) mass is 352 g/mol. The molecule has 0 bridgehead atoms. The normalized spacial score (nSPS) is 17.5. The Labute approximate surface area is 135 Å². The Morgan fingerprint density at radius 1 is 1.29 bits per heavy atom. The average Bonchev–Trinajstić information content (AvgIpc) is 2.44. The van der Waals surface area contributed by atoms with Crippen molar-refractivity contribution in [2.45, 2.75) is 52.4 Å². The van der Waals surface area contributed by atoms with Crippen LogP contribution in [0, 0.1) is 19.3 Å². The molecule has 1 saturated carbocycles. The Balaban J connectivity index is 2.08. The zero-order valence-electron chi connectivity index (χ0n) is 13.0. The minimum absolute atomic E-state index is 0.00735. The topological polar surface area (TPSA) is 55.1 Å². The number of rotatable bonds is 4. The second kappa shape index (κ2) is 6.93. The summed E-state index contributed by atoms with van der Waals surface area (Å²) in [5, 5.41) is 3.07. The van der Waals surface area contributed by atoms with Crippen molar-refractivity contribution in [3.05, 3.63) is 27.7 Å². The highest BCUT2D eigenvalue weighted by Gasteiger charge is 2.33. The molecule has 0 aliphatic heterocycles. The lowest BCUT2D eigenvalue weighted by molar-refractivity contribution is -0.118. The van der Waals surface area contributed by atoms with Crippen molar-refractivity contribution < 1.29 is 4.79 Å². The van der Waals surface area contributed by atoms with Gasteiger partial charge in [0.2, 0.25) is 5.91 Å². The number of amides is 1. The van der Waals surface area contributed by atoms with Gasteiger partial charge < -0.3 is 11.1 Å². The van der Waals surface area contributed by atoms with Gasteiger partial charge in [0.15, 0.2) is 0 Å². The summed E-state index contributed by atoms with van der Waals surface area (Å²) in [6.45, 7) is 4.68. The third kappa shape index (κ3) is 4.07. The van der Waals surface area contributed by atoms with Gasteiger partial charge in [0.25, 0.3) is 0 Å². The van der Waals surface area contributed by atoms with E-state index in [4.69, 9.17) is 5.73 Å². The maximum atomic E-state index is 12.4. The first-order chi connectivity index (χ1) is 9.96. The Morgan fingerprint density at radius 3 is 2.52 bits per heavy atom. The third-order valence-electron chi connectivity index (χ3n) is 4.58. The lowest BCUT2D eigenvalue weighted by Gasteiger charge is -2.35.